The van der Waals surface area contributed by atoms with Crippen LogP contribution in [0.1, 0.15) is 11.3 Å². The highest BCUT2D eigenvalue weighted by molar-refractivity contribution is 5.57. The summed E-state index contributed by atoms with van der Waals surface area (Å²) in [7, 11) is 0. The zero-order valence-corrected chi connectivity index (χ0v) is 8.03. The summed E-state index contributed by atoms with van der Waals surface area (Å²) >= 11 is 0. The zero-order valence-electron chi connectivity index (χ0n) is 8.03. The maximum absolute atomic E-state index is 5.44. The summed E-state index contributed by atoms with van der Waals surface area (Å²) in [6.07, 6.45) is 0. The SMILES string of the molecule is Cc1ccc(-c2cc(CN)no2)cc1. The number of nitrogens with two attached hydrogens (primary N) is 1. The molecule has 0 aliphatic carbocycles. The number of rotatable bonds is 2. The lowest BCUT2D eigenvalue weighted by atomic mass is 10.1. The van der Waals surface area contributed by atoms with Crippen LogP contribution in [-0.2, 0) is 6.54 Å². The van der Waals surface area contributed by atoms with Gasteiger partial charge in [-0.2, -0.15) is 0 Å². The van der Waals surface area contributed by atoms with Gasteiger partial charge in [-0.1, -0.05) is 35.0 Å². The fourth-order valence-electron chi connectivity index (χ4n) is 1.26. The Morgan fingerprint density at radius 3 is 2.57 bits per heavy atom. The standard InChI is InChI=1S/C11H12N2O/c1-8-2-4-9(5-3-8)11-6-10(7-12)13-14-11/h2-6H,7,12H2,1H3. The van der Waals surface area contributed by atoms with Crippen LogP contribution in [0.5, 0.6) is 0 Å². The quantitative estimate of drug-likeness (QED) is 0.785. The highest BCUT2D eigenvalue weighted by Gasteiger charge is 2.04. The highest BCUT2D eigenvalue weighted by atomic mass is 16.5. The molecule has 0 bridgehead atoms. The minimum atomic E-state index is 0.412. The minimum absolute atomic E-state index is 0.412. The van der Waals surface area contributed by atoms with Gasteiger partial charge in [0.05, 0.1) is 5.69 Å². The third-order valence-electron chi connectivity index (χ3n) is 2.10. The fraction of sp³-hybridized carbons (Fsp3) is 0.182. The summed E-state index contributed by atoms with van der Waals surface area (Å²) in [5, 5.41) is 3.83. The summed E-state index contributed by atoms with van der Waals surface area (Å²) in [5.74, 6) is 0.769. The molecular weight excluding hydrogens is 176 g/mol. The molecule has 3 heteroatoms. The second-order valence-corrected chi connectivity index (χ2v) is 3.25. The first-order valence-corrected chi connectivity index (χ1v) is 4.52. The summed E-state index contributed by atoms with van der Waals surface area (Å²) < 4.78 is 5.15. The van der Waals surface area contributed by atoms with E-state index in [1.165, 1.54) is 5.56 Å². The molecule has 1 aromatic carbocycles. The molecule has 0 atom stereocenters. The Kier molecular flexibility index (Phi) is 2.33. The van der Waals surface area contributed by atoms with Crippen molar-refractivity contribution in [2.75, 3.05) is 0 Å². The number of hydrogen-bond acceptors (Lipinski definition) is 3. The molecule has 0 saturated carbocycles. The molecule has 2 aromatic rings. The van der Waals surface area contributed by atoms with Crippen molar-refractivity contribution < 1.29 is 4.52 Å². The second-order valence-electron chi connectivity index (χ2n) is 3.25. The van der Waals surface area contributed by atoms with Crippen molar-refractivity contribution in [1.82, 2.24) is 5.16 Å². The van der Waals surface area contributed by atoms with Gasteiger partial charge in [-0.3, -0.25) is 0 Å². The van der Waals surface area contributed by atoms with E-state index in [1.807, 2.05) is 30.3 Å². The average Bonchev–Trinajstić information content (AvgIpc) is 2.67. The fourth-order valence-corrected chi connectivity index (χ4v) is 1.26. The Morgan fingerprint density at radius 1 is 1.29 bits per heavy atom. The topological polar surface area (TPSA) is 52.0 Å². The van der Waals surface area contributed by atoms with Crippen LogP contribution in [0.15, 0.2) is 34.9 Å². The lowest BCUT2D eigenvalue weighted by Gasteiger charge is -1.95. The van der Waals surface area contributed by atoms with Crippen LogP contribution in [-0.4, -0.2) is 5.16 Å². The summed E-state index contributed by atoms with van der Waals surface area (Å²) in [4.78, 5) is 0. The van der Waals surface area contributed by atoms with Gasteiger partial charge in [0.25, 0.3) is 0 Å². The van der Waals surface area contributed by atoms with Gasteiger partial charge >= 0.3 is 0 Å². The van der Waals surface area contributed by atoms with E-state index in [4.69, 9.17) is 10.3 Å². The van der Waals surface area contributed by atoms with E-state index in [0.29, 0.717) is 6.54 Å². The Hall–Kier alpha value is -1.61. The number of aromatic nitrogens is 1. The molecule has 3 nitrogen and oxygen atoms in total. The lowest BCUT2D eigenvalue weighted by Crippen LogP contribution is -1.94. The molecule has 0 aliphatic heterocycles. The van der Waals surface area contributed by atoms with Crippen molar-refractivity contribution in [2.24, 2.45) is 5.73 Å². The van der Waals surface area contributed by atoms with Crippen LogP contribution < -0.4 is 5.73 Å². The van der Waals surface area contributed by atoms with E-state index in [1.54, 1.807) is 0 Å². The minimum Gasteiger partial charge on any atom is -0.356 e. The molecular formula is C11H12N2O. The van der Waals surface area contributed by atoms with Gasteiger partial charge < -0.3 is 10.3 Å². The van der Waals surface area contributed by atoms with Gasteiger partial charge in [-0.25, -0.2) is 0 Å². The van der Waals surface area contributed by atoms with Crippen molar-refractivity contribution in [3.8, 4) is 11.3 Å². The number of nitrogens with zero attached hydrogens (tertiary/aromatic N) is 1. The number of aryl methyl sites for hydroxylation is 1. The van der Waals surface area contributed by atoms with Crippen molar-refractivity contribution in [1.29, 1.82) is 0 Å². The van der Waals surface area contributed by atoms with Crippen molar-refractivity contribution in [3.05, 3.63) is 41.6 Å². The second kappa shape index (κ2) is 3.64. The molecule has 2 rings (SSSR count). The molecule has 72 valence electrons. The van der Waals surface area contributed by atoms with Crippen LogP contribution in [0.25, 0.3) is 11.3 Å². The molecule has 2 N–H and O–H groups in total. The third kappa shape index (κ3) is 1.67. The Morgan fingerprint density at radius 2 is 2.00 bits per heavy atom. The largest absolute Gasteiger partial charge is 0.356 e. The van der Waals surface area contributed by atoms with E-state index < -0.39 is 0 Å². The van der Waals surface area contributed by atoms with Gasteiger partial charge in [-0.05, 0) is 6.92 Å². The highest BCUT2D eigenvalue weighted by Crippen LogP contribution is 2.20. The van der Waals surface area contributed by atoms with E-state index in [2.05, 4.69) is 12.1 Å². The first kappa shape index (κ1) is 8.97. The van der Waals surface area contributed by atoms with Crippen LogP contribution in [0.3, 0.4) is 0 Å². The van der Waals surface area contributed by atoms with E-state index in [9.17, 15) is 0 Å². The van der Waals surface area contributed by atoms with Gasteiger partial charge in [0, 0.05) is 18.2 Å². The molecule has 0 amide bonds. The molecule has 0 spiro atoms. The molecule has 14 heavy (non-hydrogen) atoms. The maximum Gasteiger partial charge on any atom is 0.167 e. The van der Waals surface area contributed by atoms with Gasteiger partial charge in [0.2, 0.25) is 0 Å². The predicted octanol–water partition coefficient (Wildman–Crippen LogP) is 2.11. The van der Waals surface area contributed by atoms with Gasteiger partial charge in [0.1, 0.15) is 0 Å². The normalized spacial score (nSPS) is 10.4. The summed E-state index contributed by atoms with van der Waals surface area (Å²) in [5.41, 5.74) is 8.48. The number of benzene rings is 1. The van der Waals surface area contributed by atoms with Crippen molar-refractivity contribution in [2.45, 2.75) is 13.5 Å². The van der Waals surface area contributed by atoms with Gasteiger partial charge in [0.15, 0.2) is 5.76 Å². The average molecular weight is 188 g/mol. The predicted molar refractivity (Wildman–Crippen MR) is 54.6 cm³/mol. The maximum atomic E-state index is 5.44. The molecule has 1 heterocycles. The monoisotopic (exact) mass is 188 g/mol. The molecule has 1 aromatic heterocycles. The molecule has 0 aliphatic rings. The molecule has 0 fully saturated rings. The zero-order chi connectivity index (χ0) is 9.97. The molecule has 0 radical (unpaired) electrons. The summed E-state index contributed by atoms with van der Waals surface area (Å²) in [6, 6.07) is 9.97. The van der Waals surface area contributed by atoms with Crippen LogP contribution in [0.4, 0.5) is 0 Å². The third-order valence-corrected chi connectivity index (χ3v) is 2.10. The Labute approximate surface area is 82.5 Å². The van der Waals surface area contributed by atoms with Crippen LogP contribution >= 0.6 is 0 Å². The lowest BCUT2D eigenvalue weighted by molar-refractivity contribution is 0.424. The first-order valence-electron chi connectivity index (χ1n) is 4.52. The van der Waals surface area contributed by atoms with Crippen LogP contribution in [0, 0.1) is 6.92 Å². The Balaban J connectivity index is 2.34. The molecule has 0 saturated heterocycles. The van der Waals surface area contributed by atoms with Crippen LogP contribution in [0.2, 0.25) is 0 Å². The van der Waals surface area contributed by atoms with Crippen molar-refractivity contribution >= 4 is 0 Å². The molecule has 0 unspecified atom stereocenters. The first-order chi connectivity index (χ1) is 6.79. The van der Waals surface area contributed by atoms with E-state index in [-0.39, 0.29) is 0 Å². The smallest absolute Gasteiger partial charge is 0.167 e. The van der Waals surface area contributed by atoms with Crippen molar-refractivity contribution in [3.63, 3.8) is 0 Å². The van der Waals surface area contributed by atoms with E-state index in [0.717, 1.165) is 17.0 Å². The Bertz CT molecular complexity index is 417. The number of hydrogen-bond donors (Lipinski definition) is 1. The summed E-state index contributed by atoms with van der Waals surface area (Å²) in [6.45, 7) is 2.46. The van der Waals surface area contributed by atoms with Gasteiger partial charge in [-0.15, -0.1) is 0 Å². The van der Waals surface area contributed by atoms with E-state index >= 15 is 0 Å².